The Hall–Kier alpha value is -2.78. The normalized spacial score (nSPS) is 19.5. The molecule has 2 aromatic carbocycles. The van der Waals surface area contributed by atoms with Crippen molar-refractivity contribution in [2.45, 2.75) is 31.9 Å². The number of piperazine rings is 1. The molecule has 2 fully saturated rings. The number of nitrogens with zero attached hydrogens (tertiary/aromatic N) is 2. The van der Waals surface area contributed by atoms with Crippen LogP contribution in [0.1, 0.15) is 28.8 Å². The molecule has 2 aliphatic heterocycles. The summed E-state index contributed by atoms with van der Waals surface area (Å²) in [6.07, 6.45) is -2.62. The van der Waals surface area contributed by atoms with Crippen molar-refractivity contribution in [2.24, 2.45) is 0 Å². The van der Waals surface area contributed by atoms with Crippen molar-refractivity contribution >= 4 is 5.91 Å². The van der Waals surface area contributed by atoms with Crippen molar-refractivity contribution in [1.29, 1.82) is 0 Å². The molecular weight excluding hydrogens is 437 g/mol. The van der Waals surface area contributed by atoms with Gasteiger partial charge >= 0.3 is 6.36 Å². The van der Waals surface area contributed by atoms with Crippen molar-refractivity contribution in [3.63, 3.8) is 0 Å². The highest BCUT2D eigenvalue weighted by Gasteiger charge is 2.31. The molecule has 9 heteroatoms. The maximum atomic E-state index is 13.1. The summed E-state index contributed by atoms with van der Waals surface area (Å²) in [6, 6.07) is 13.2. The first kappa shape index (κ1) is 23.4. The first-order chi connectivity index (χ1) is 15.9. The van der Waals surface area contributed by atoms with E-state index in [9.17, 15) is 18.0 Å². The number of ether oxygens (including phenoxy) is 3. The first-order valence-corrected chi connectivity index (χ1v) is 11.1. The zero-order valence-electron chi connectivity index (χ0n) is 18.2. The van der Waals surface area contributed by atoms with Crippen LogP contribution in [0.2, 0.25) is 0 Å². The Morgan fingerprint density at radius 1 is 1.03 bits per heavy atom. The molecule has 0 saturated carbocycles. The lowest BCUT2D eigenvalue weighted by Gasteiger charge is -2.35. The molecule has 0 aliphatic carbocycles. The Bertz CT molecular complexity index is 922. The van der Waals surface area contributed by atoms with Crippen LogP contribution in [0.25, 0.3) is 0 Å². The lowest BCUT2D eigenvalue weighted by Crippen LogP contribution is -2.48. The summed E-state index contributed by atoms with van der Waals surface area (Å²) in [5, 5.41) is 0. The first-order valence-electron chi connectivity index (χ1n) is 11.1. The van der Waals surface area contributed by atoms with Crippen molar-refractivity contribution in [1.82, 2.24) is 9.80 Å². The molecule has 2 saturated heterocycles. The second-order valence-corrected chi connectivity index (χ2v) is 8.20. The number of alkyl halides is 3. The molecule has 2 aliphatic rings. The predicted molar refractivity (Wildman–Crippen MR) is 115 cm³/mol. The highest BCUT2D eigenvalue weighted by Crippen LogP contribution is 2.24. The number of rotatable bonds is 7. The van der Waals surface area contributed by atoms with Crippen LogP contribution in [-0.2, 0) is 11.3 Å². The number of carbonyl (C=O) groups is 1. The van der Waals surface area contributed by atoms with Crippen molar-refractivity contribution < 1.29 is 32.2 Å². The lowest BCUT2D eigenvalue weighted by atomic mass is 10.1. The minimum atomic E-state index is -4.70. The van der Waals surface area contributed by atoms with Gasteiger partial charge in [-0.05, 0) is 42.7 Å². The standard InChI is InChI=1S/C24H27F3N2O4/c25-24(26,27)33-19-9-7-18(8-10-19)16-28-11-13-29(14-12-28)23(30)21-5-1-2-6-22(21)32-17-20-4-3-15-31-20/h1-2,5-10,20H,3-4,11-17H2. The van der Waals surface area contributed by atoms with E-state index in [-0.39, 0.29) is 17.8 Å². The van der Waals surface area contributed by atoms with Gasteiger partial charge in [0.1, 0.15) is 18.1 Å². The summed E-state index contributed by atoms with van der Waals surface area (Å²) < 4.78 is 52.3. The SMILES string of the molecule is O=C(c1ccccc1OCC1CCCO1)N1CCN(Cc2ccc(OC(F)(F)F)cc2)CC1. The van der Waals surface area contributed by atoms with Crippen LogP contribution < -0.4 is 9.47 Å². The van der Waals surface area contributed by atoms with Crippen LogP contribution in [-0.4, -0.2) is 67.6 Å². The highest BCUT2D eigenvalue weighted by molar-refractivity contribution is 5.97. The number of para-hydroxylation sites is 1. The van der Waals surface area contributed by atoms with Gasteiger partial charge in [-0.15, -0.1) is 13.2 Å². The van der Waals surface area contributed by atoms with Crippen LogP contribution in [0, 0.1) is 0 Å². The largest absolute Gasteiger partial charge is 0.573 e. The Balaban J connectivity index is 1.28. The van der Waals surface area contributed by atoms with Crippen molar-refractivity contribution in [3.8, 4) is 11.5 Å². The molecule has 33 heavy (non-hydrogen) atoms. The van der Waals surface area contributed by atoms with Gasteiger partial charge < -0.3 is 19.1 Å². The van der Waals surface area contributed by atoms with E-state index in [0.29, 0.717) is 50.6 Å². The fraction of sp³-hybridized carbons (Fsp3) is 0.458. The number of amides is 1. The van der Waals surface area contributed by atoms with Crippen LogP contribution >= 0.6 is 0 Å². The van der Waals surface area contributed by atoms with Gasteiger partial charge in [-0.25, -0.2) is 0 Å². The number of hydrogen-bond acceptors (Lipinski definition) is 5. The zero-order chi connectivity index (χ0) is 23.3. The van der Waals surface area contributed by atoms with E-state index >= 15 is 0 Å². The molecular formula is C24H27F3N2O4. The van der Waals surface area contributed by atoms with Gasteiger partial charge in [0.15, 0.2) is 0 Å². The average molecular weight is 464 g/mol. The molecule has 1 unspecified atom stereocenters. The van der Waals surface area contributed by atoms with Crippen LogP contribution in [0.5, 0.6) is 11.5 Å². The molecule has 0 aromatic heterocycles. The third-order valence-electron chi connectivity index (χ3n) is 5.79. The number of carbonyl (C=O) groups excluding carboxylic acids is 1. The number of benzene rings is 2. The predicted octanol–water partition coefficient (Wildman–Crippen LogP) is 4.10. The van der Waals surface area contributed by atoms with Gasteiger partial charge in [0.05, 0.1) is 11.7 Å². The van der Waals surface area contributed by atoms with Crippen LogP contribution in [0.3, 0.4) is 0 Å². The molecule has 0 radical (unpaired) electrons. The third kappa shape index (κ3) is 6.61. The summed E-state index contributed by atoms with van der Waals surface area (Å²) in [5.41, 5.74) is 1.43. The quantitative estimate of drug-likeness (QED) is 0.618. The van der Waals surface area contributed by atoms with Crippen molar-refractivity contribution in [2.75, 3.05) is 39.4 Å². The minimum absolute atomic E-state index is 0.0637. The van der Waals surface area contributed by atoms with E-state index in [1.165, 1.54) is 12.1 Å². The molecule has 2 heterocycles. The average Bonchev–Trinajstić information content (AvgIpc) is 3.32. The Kier molecular flexibility index (Phi) is 7.39. The Morgan fingerprint density at radius 3 is 2.42 bits per heavy atom. The van der Waals surface area contributed by atoms with E-state index in [1.807, 2.05) is 23.1 Å². The van der Waals surface area contributed by atoms with Gasteiger partial charge in [0.2, 0.25) is 0 Å². The zero-order valence-corrected chi connectivity index (χ0v) is 18.2. The third-order valence-corrected chi connectivity index (χ3v) is 5.79. The fourth-order valence-electron chi connectivity index (χ4n) is 4.06. The van der Waals surface area contributed by atoms with Gasteiger partial charge in [-0.2, -0.15) is 0 Å². The molecule has 0 N–H and O–H groups in total. The second-order valence-electron chi connectivity index (χ2n) is 8.20. The monoisotopic (exact) mass is 464 g/mol. The van der Waals surface area contributed by atoms with E-state index < -0.39 is 6.36 Å². The topological polar surface area (TPSA) is 51.2 Å². The fourth-order valence-corrected chi connectivity index (χ4v) is 4.06. The van der Waals surface area contributed by atoms with Gasteiger partial charge in [0.25, 0.3) is 5.91 Å². The minimum Gasteiger partial charge on any atom is -0.490 e. The molecule has 4 rings (SSSR count). The molecule has 2 aromatic rings. The molecule has 6 nitrogen and oxygen atoms in total. The molecule has 0 spiro atoms. The summed E-state index contributed by atoms with van der Waals surface area (Å²) in [7, 11) is 0. The van der Waals surface area contributed by atoms with E-state index in [4.69, 9.17) is 9.47 Å². The summed E-state index contributed by atoms with van der Waals surface area (Å²) >= 11 is 0. The van der Waals surface area contributed by atoms with Gasteiger partial charge in [-0.1, -0.05) is 24.3 Å². The molecule has 178 valence electrons. The smallest absolute Gasteiger partial charge is 0.490 e. The summed E-state index contributed by atoms with van der Waals surface area (Å²) in [5.74, 6) is 0.273. The van der Waals surface area contributed by atoms with Crippen LogP contribution in [0.4, 0.5) is 13.2 Å². The molecule has 0 bridgehead atoms. The second kappa shape index (κ2) is 10.4. The summed E-state index contributed by atoms with van der Waals surface area (Å²) in [6.45, 7) is 4.25. The molecule has 1 atom stereocenters. The molecule has 1 amide bonds. The lowest BCUT2D eigenvalue weighted by molar-refractivity contribution is -0.274. The summed E-state index contributed by atoms with van der Waals surface area (Å²) in [4.78, 5) is 17.1. The van der Waals surface area contributed by atoms with E-state index in [2.05, 4.69) is 9.64 Å². The number of halogens is 3. The van der Waals surface area contributed by atoms with Gasteiger partial charge in [0, 0.05) is 39.3 Å². The van der Waals surface area contributed by atoms with Crippen molar-refractivity contribution in [3.05, 3.63) is 59.7 Å². The Labute approximate surface area is 190 Å². The van der Waals surface area contributed by atoms with E-state index in [1.54, 1.807) is 18.2 Å². The van der Waals surface area contributed by atoms with E-state index in [0.717, 1.165) is 25.0 Å². The maximum absolute atomic E-state index is 13.1. The number of hydrogen-bond donors (Lipinski definition) is 0. The Morgan fingerprint density at radius 2 is 1.76 bits per heavy atom. The van der Waals surface area contributed by atoms with Crippen LogP contribution in [0.15, 0.2) is 48.5 Å². The highest BCUT2D eigenvalue weighted by atomic mass is 19.4. The maximum Gasteiger partial charge on any atom is 0.573 e. The van der Waals surface area contributed by atoms with Gasteiger partial charge in [-0.3, -0.25) is 9.69 Å².